The third-order valence-corrected chi connectivity index (χ3v) is 5.29. The lowest BCUT2D eigenvalue weighted by molar-refractivity contribution is -0.131. The molecule has 0 atom stereocenters. The van der Waals surface area contributed by atoms with Gasteiger partial charge in [0.1, 0.15) is 0 Å². The molecule has 1 heterocycles. The minimum absolute atomic E-state index is 0.0219. The fraction of sp³-hybridized carbons (Fsp3) is 0.550. The second-order valence-electron chi connectivity index (χ2n) is 7.20. The van der Waals surface area contributed by atoms with Crippen molar-refractivity contribution >= 4 is 17.8 Å². The summed E-state index contributed by atoms with van der Waals surface area (Å²) < 4.78 is 0. The zero-order chi connectivity index (χ0) is 19.1. The number of piperazine rings is 1. The van der Waals surface area contributed by atoms with E-state index in [0.29, 0.717) is 37.8 Å². The lowest BCUT2D eigenvalue weighted by Gasteiger charge is -2.36. The smallest absolute Gasteiger partial charge is 0.317 e. The Kier molecular flexibility index (Phi) is 6.68. The molecule has 0 bridgehead atoms. The maximum absolute atomic E-state index is 12.4. The van der Waals surface area contributed by atoms with Crippen LogP contribution in [-0.4, -0.2) is 66.4 Å². The Labute approximate surface area is 160 Å². The van der Waals surface area contributed by atoms with Gasteiger partial charge in [0.15, 0.2) is 0 Å². The van der Waals surface area contributed by atoms with Crippen molar-refractivity contribution in [3.63, 3.8) is 0 Å². The maximum atomic E-state index is 12.4. The molecule has 2 N–H and O–H groups in total. The van der Waals surface area contributed by atoms with Crippen LogP contribution in [-0.2, 0) is 4.79 Å². The minimum atomic E-state index is -0.255. The van der Waals surface area contributed by atoms with Crippen LogP contribution in [0.15, 0.2) is 30.3 Å². The predicted molar refractivity (Wildman–Crippen MR) is 102 cm³/mol. The summed E-state index contributed by atoms with van der Waals surface area (Å²) in [5, 5.41) is 5.78. The Hall–Kier alpha value is -2.57. The molecule has 1 saturated carbocycles. The lowest BCUT2D eigenvalue weighted by Crippen LogP contribution is -2.55. The van der Waals surface area contributed by atoms with Gasteiger partial charge in [-0.15, -0.1) is 0 Å². The molecule has 27 heavy (non-hydrogen) atoms. The van der Waals surface area contributed by atoms with Crippen LogP contribution in [0.3, 0.4) is 0 Å². The van der Waals surface area contributed by atoms with E-state index in [9.17, 15) is 14.4 Å². The van der Waals surface area contributed by atoms with E-state index in [4.69, 9.17) is 0 Å². The highest BCUT2D eigenvalue weighted by atomic mass is 16.2. The molecule has 1 aromatic rings. The molecule has 2 aliphatic rings. The van der Waals surface area contributed by atoms with Crippen LogP contribution in [0.4, 0.5) is 4.79 Å². The van der Waals surface area contributed by atoms with Crippen LogP contribution in [0, 0.1) is 0 Å². The maximum Gasteiger partial charge on any atom is 0.317 e. The molecule has 146 valence electrons. The molecular formula is C20H28N4O3. The molecule has 1 aromatic carbocycles. The van der Waals surface area contributed by atoms with Gasteiger partial charge in [0.2, 0.25) is 5.91 Å². The van der Waals surface area contributed by atoms with Crippen molar-refractivity contribution in [2.75, 3.05) is 32.7 Å². The monoisotopic (exact) mass is 372 g/mol. The zero-order valence-electron chi connectivity index (χ0n) is 15.7. The summed E-state index contributed by atoms with van der Waals surface area (Å²) >= 11 is 0. The summed E-state index contributed by atoms with van der Waals surface area (Å²) in [6, 6.07) is 9.10. The predicted octanol–water partition coefficient (Wildman–Crippen LogP) is 1.60. The molecule has 0 radical (unpaired) electrons. The molecule has 0 spiro atoms. The number of hydrogen-bond donors (Lipinski definition) is 2. The van der Waals surface area contributed by atoms with Crippen molar-refractivity contribution < 1.29 is 14.4 Å². The van der Waals surface area contributed by atoms with Gasteiger partial charge in [-0.3, -0.25) is 9.59 Å². The van der Waals surface area contributed by atoms with Gasteiger partial charge in [-0.05, 0) is 25.0 Å². The first-order valence-electron chi connectivity index (χ1n) is 9.80. The Bertz CT molecular complexity index is 650. The van der Waals surface area contributed by atoms with Crippen molar-refractivity contribution in [1.29, 1.82) is 0 Å². The van der Waals surface area contributed by atoms with Crippen LogP contribution < -0.4 is 10.6 Å². The highest BCUT2D eigenvalue weighted by Crippen LogP contribution is 2.17. The molecule has 7 heteroatoms. The van der Waals surface area contributed by atoms with E-state index in [2.05, 4.69) is 10.6 Å². The largest absolute Gasteiger partial charge is 0.343 e. The summed E-state index contributed by atoms with van der Waals surface area (Å²) in [5.74, 6) is -0.374. The molecule has 0 aromatic heterocycles. The molecule has 1 saturated heterocycles. The molecule has 2 fully saturated rings. The first-order valence-corrected chi connectivity index (χ1v) is 9.80. The fourth-order valence-corrected chi connectivity index (χ4v) is 3.63. The van der Waals surface area contributed by atoms with Crippen molar-refractivity contribution in [3.8, 4) is 0 Å². The van der Waals surface area contributed by atoms with E-state index in [1.807, 2.05) is 6.07 Å². The van der Waals surface area contributed by atoms with Gasteiger partial charge in [0.25, 0.3) is 5.91 Å². The molecule has 4 amide bonds. The normalized spacial score (nSPS) is 18.1. The van der Waals surface area contributed by atoms with E-state index in [0.717, 1.165) is 12.8 Å². The number of rotatable bonds is 4. The van der Waals surface area contributed by atoms with Crippen molar-refractivity contribution in [2.24, 2.45) is 0 Å². The Balaban J connectivity index is 1.38. The molecule has 1 aliphatic heterocycles. The van der Waals surface area contributed by atoms with Crippen LogP contribution in [0.25, 0.3) is 0 Å². The second-order valence-corrected chi connectivity index (χ2v) is 7.20. The van der Waals surface area contributed by atoms with E-state index in [-0.39, 0.29) is 24.4 Å². The van der Waals surface area contributed by atoms with Gasteiger partial charge < -0.3 is 20.4 Å². The van der Waals surface area contributed by atoms with Gasteiger partial charge in [-0.2, -0.15) is 0 Å². The third kappa shape index (κ3) is 5.45. The average Bonchev–Trinajstić information content (AvgIpc) is 2.73. The van der Waals surface area contributed by atoms with Crippen LogP contribution in [0.2, 0.25) is 0 Å². The van der Waals surface area contributed by atoms with Gasteiger partial charge in [0.05, 0.1) is 6.54 Å². The summed E-state index contributed by atoms with van der Waals surface area (Å²) in [6.07, 6.45) is 5.74. The van der Waals surface area contributed by atoms with Gasteiger partial charge in [0, 0.05) is 37.8 Å². The number of urea groups is 1. The van der Waals surface area contributed by atoms with Crippen LogP contribution in [0.1, 0.15) is 42.5 Å². The highest BCUT2D eigenvalue weighted by molar-refractivity contribution is 5.96. The molecule has 1 aliphatic carbocycles. The first-order chi connectivity index (χ1) is 13.1. The number of amides is 4. The Morgan fingerprint density at radius 1 is 0.889 bits per heavy atom. The first kappa shape index (κ1) is 19.2. The highest BCUT2D eigenvalue weighted by Gasteiger charge is 2.26. The number of nitrogens with one attached hydrogen (secondary N) is 2. The average molecular weight is 372 g/mol. The van der Waals surface area contributed by atoms with Gasteiger partial charge in [-0.25, -0.2) is 4.79 Å². The molecule has 3 rings (SSSR count). The number of carbonyl (C=O) groups excluding carboxylic acids is 3. The fourth-order valence-electron chi connectivity index (χ4n) is 3.63. The molecule has 0 unspecified atom stereocenters. The van der Waals surface area contributed by atoms with Gasteiger partial charge >= 0.3 is 6.03 Å². The Morgan fingerprint density at radius 2 is 1.52 bits per heavy atom. The number of benzene rings is 1. The summed E-state index contributed by atoms with van der Waals surface area (Å²) in [6.45, 7) is 2.02. The van der Waals surface area contributed by atoms with Crippen molar-refractivity contribution in [1.82, 2.24) is 20.4 Å². The van der Waals surface area contributed by atoms with Crippen molar-refractivity contribution in [3.05, 3.63) is 35.9 Å². The van der Waals surface area contributed by atoms with E-state index < -0.39 is 0 Å². The minimum Gasteiger partial charge on any atom is -0.343 e. The topological polar surface area (TPSA) is 81.8 Å². The summed E-state index contributed by atoms with van der Waals surface area (Å²) in [4.78, 5) is 40.2. The SMILES string of the molecule is O=C(NCC(=O)N1CCN(C(=O)NC2CCCCC2)CC1)c1ccccc1. The van der Waals surface area contributed by atoms with E-state index >= 15 is 0 Å². The number of hydrogen-bond acceptors (Lipinski definition) is 3. The number of carbonyl (C=O) groups is 3. The third-order valence-electron chi connectivity index (χ3n) is 5.29. The lowest BCUT2D eigenvalue weighted by atomic mass is 9.96. The summed E-state index contributed by atoms with van der Waals surface area (Å²) in [5.41, 5.74) is 0.537. The molecule has 7 nitrogen and oxygen atoms in total. The second kappa shape index (κ2) is 9.39. The Morgan fingerprint density at radius 3 is 2.19 bits per heavy atom. The number of nitrogens with zero attached hydrogens (tertiary/aromatic N) is 2. The zero-order valence-corrected chi connectivity index (χ0v) is 15.7. The van der Waals surface area contributed by atoms with E-state index in [1.165, 1.54) is 19.3 Å². The standard InChI is InChI=1S/C20H28N4O3/c25-18(15-21-19(26)16-7-3-1-4-8-16)23-11-13-24(14-12-23)20(27)22-17-9-5-2-6-10-17/h1,3-4,7-8,17H,2,5-6,9-15H2,(H,21,26)(H,22,27). The van der Waals surface area contributed by atoms with Crippen molar-refractivity contribution in [2.45, 2.75) is 38.1 Å². The van der Waals surface area contributed by atoms with Crippen LogP contribution >= 0.6 is 0 Å². The van der Waals surface area contributed by atoms with Gasteiger partial charge in [-0.1, -0.05) is 37.5 Å². The molecular weight excluding hydrogens is 344 g/mol. The van der Waals surface area contributed by atoms with E-state index in [1.54, 1.807) is 34.1 Å². The van der Waals surface area contributed by atoms with Crippen LogP contribution in [0.5, 0.6) is 0 Å². The quantitative estimate of drug-likeness (QED) is 0.842. The summed E-state index contributed by atoms with van der Waals surface area (Å²) in [7, 11) is 0.